The Bertz CT molecular complexity index is 254. The highest BCUT2D eigenvalue weighted by atomic mass is 32.2. The normalized spacial score (nSPS) is 21.6. The molecule has 0 radical (unpaired) electrons. The molecule has 0 aromatic heterocycles. The minimum absolute atomic E-state index is 0.00968. The van der Waals surface area contributed by atoms with Crippen molar-refractivity contribution in [2.45, 2.75) is 37.1 Å². The van der Waals surface area contributed by atoms with Crippen LogP contribution in [0.1, 0.15) is 19.8 Å². The smallest absolute Gasteiger partial charge is 0.234 e. The minimum Gasteiger partial charge on any atom is -0.395 e. The fraction of sp³-hybridized carbons (Fsp3) is 0.917. The first-order valence-electron chi connectivity index (χ1n) is 6.47. The second-order valence-electron chi connectivity index (χ2n) is 4.93. The Morgan fingerprint density at radius 3 is 2.67 bits per heavy atom. The molecule has 6 heteroatoms. The third-order valence-electron chi connectivity index (χ3n) is 3.43. The van der Waals surface area contributed by atoms with Gasteiger partial charge in [-0.05, 0) is 26.0 Å². The number of carbonyl (C=O) groups is 1. The van der Waals surface area contributed by atoms with Gasteiger partial charge < -0.3 is 16.2 Å². The van der Waals surface area contributed by atoms with Crippen LogP contribution in [0.5, 0.6) is 0 Å². The number of nitrogens with zero attached hydrogens (tertiary/aromatic N) is 1. The molecule has 1 aliphatic heterocycles. The number of carbonyl (C=O) groups excluding carboxylic acids is 1. The van der Waals surface area contributed by atoms with Gasteiger partial charge in [0.1, 0.15) is 0 Å². The summed E-state index contributed by atoms with van der Waals surface area (Å²) in [5.41, 5.74) is 5.83. The van der Waals surface area contributed by atoms with Crippen molar-refractivity contribution in [1.29, 1.82) is 0 Å². The van der Waals surface area contributed by atoms with Crippen LogP contribution >= 0.6 is 11.8 Å². The SMILES string of the molecule is CSC(CO)C(C)NC(=O)CN1CCC(N)CC1. The minimum atomic E-state index is -0.00968. The first kappa shape index (κ1) is 15.8. The van der Waals surface area contributed by atoms with Gasteiger partial charge in [0.05, 0.1) is 13.2 Å². The third-order valence-corrected chi connectivity index (χ3v) is 4.59. The molecule has 0 aromatic rings. The Morgan fingerprint density at radius 2 is 2.17 bits per heavy atom. The van der Waals surface area contributed by atoms with E-state index < -0.39 is 0 Å². The summed E-state index contributed by atoms with van der Waals surface area (Å²) in [6.07, 6.45) is 3.87. The molecule has 1 aliphatic rings. The molecule has 2 unspecified atom stereocenters. The summed E-state index contributed by atoms with van der Waals surface area (Å²) in [6, 6.07) is 0.281. The lowest BCUT2D eigenvalue weighted by Crippen LogP contribution is -2.48. The third kappa shape index (κ3) is 5.14. The van der Waals surface area contributed by atoms with Gasteiger partial charge in [-0.3, -0.25) is 9.69 Å². The summed E-state index contributed by atoms with van der Waals surface area (Å²) in [4.78, 5) is 14.0. The molecule has 0 spiro atoms. The van der Waals surface area contributed by atoms with E-state index in [0.29, 0.717) is 12.6 Å². The molecule has 2 atom stereocenters. The number of aliphatic hydroxyl groups is 1. The van der Waals surface area contributed by atoms with Crippen LogP contribution in [0.4, 0.5) is 0 Å². The molecule has 18 heavy (non-hydrogen) atoms. The standard InChI is InChI=1S/C12H25N3O2S/c1-9(11(8-16)18-2)14-12(17)7-15-5-3-10(13)4-6-15/h9-11,16H,3-8,13H2,1-2H3,(H,14,17). The van der Waals surface area contributed by atoms with Gasteiger partial charge in [-0.1, -0.05) is 0 Å². The number of amides is 1. The fourth-order valence-electron chi connectivity index (χ4n) is 2.14. The summed E-state index contributed by atoms with van der Waals surface area (Å²) < 4.78 is 0. The van der Waals surface area contributed by atoms with Gasteiger partial charge in [-0.2, -0.15) is 11.8 Å². The second-order valence-corrected chi connectivity index (χ2v) is 6.00. The first-order chi connectivity index (χ1) is 8.56. The van der Waals surface area contributed by atoms with Crippen molar-refractivity contribution >= 4 is 17.7 Å². The summed E-state index contributed by atoms with van der Waals surface area (Å²) in [5.74, 6) is 0.0328. The monoisotopic (exact) mass is 275 g/mol. The number of rotatable bonds is 6. The molecule has 1 heterocycles. The van der Waals surface area contributed by atoms with Crippen molar-refractivity contribution in [2.24, 2.45) is 5.73 Å². The molecule has 0 saturated carbocycles. The largest absolute Gasteiger partial charge is 0.395 e. The number of hydrogen-bond acceptors (Lipinski definition) is 5. The van der Waals surface area contributed by atoms with Crippen molar-refractivity contribution in [3.05, 3.63) is 0 Å². The first-order valence-corrected chi connectivity index (χ1v) is 7.76. The predicted octanol–water partition coefficient (Wildman–Crippen LogP) is -0.362. The maximum atomic E-state index is 11.9. The van der Waals surface area contributed by atoms with E-state index in [0.717, 1.165) is 25.9 Å². The van der Waals surface area contributed by atoms with E-state index in [4.69, 9.17) is 10.8 Å². The van der Waals surface area contributed by atoms with E-state index in [1.165, 1.54) is 0 Å². The average molecular weight is 275 g/mol. The number of nitrogens with one attached hydrogen (secondary N) is 1. The maximum absolute atomic E-state index is 11.9. The van der Waals surface area contributed by atoms with Crippen LogP contribution < -0.4 is 11.1 Å². The topological polar surface area (TPSA) is 78.6 Å². The highest BCUT2D eigenvalue weighted by molar-refractivity contribution is 7.99. The molecule has 0 bridgehead atoms. The fourth-order valence-corrected chi connectivity index (χ4v) is 2.77. The Hall–Kier alpha value is -0.300. The van der Waals surface area contributed by atoms with Gasteiger partial charge in [0, 0.05) is 30.4 Å². The molecular formula is C12H25N3O2S. The number of aliphatic hydroxyl groups excluding tert-OH is 1. The van der Waals surface area contributed by atoms with Gasteiger partial charge in [-0.25, -0.2) is 0 Å². The molecule has 1 fully saturated rings. The lowest BCUT2D eigenvalue weighted by atomic mass is 10.1. The average Bonchev–Trinajstić information content (AvgIpc) is 2.33. The number of hydrogen-bond donors (Lipinski definition) is 3. The molecule has 1 amide bonds. The van der Waals surface area contributed by atoms with Crippen LogP contribution in [-0.4, -0.2) is 65.7 Å². The zero-order valence-corrected chi connectivity index (χ0v) is 12.1. The lowest BCUT2D eigenvalue weighted by molar-refractivity contribution is -0.123. The van der Waals surface area contributed by atoms with Crippen LogP contribution in [0.2, 0.25) is 0 Å². The number of nitrogens with two attached hydrogens (primary N) is 1. The summed E-state index contributed by atoms with van der Waals surface area (Å²) in [5, 5.41) is 12.2. The Morgan fingerprint density at radius 1 is 1.56 bits per heavy atom. The molecule has 1 saturated heterocycles. The van der Waals surface area contributed by atoms with Crippen molar-refractivity contribution in [3.63, 3.8) is 0 Å². The molecule has 4 N–H and O–H groups in total. The van der Waals surface area contributed by atoms with Gasteiger partial charge in [0.2, 0.25) is 5.91 Å². The molecule has 106 valence electrons. The number of thioether (sulfide) groups is 1. The van der Waals surface area contributed by atoms with Gasteiger partial charge in [-0.15, -0.1) is 0 Å². The van der Waals surface area contributed by atoms with Crippen LogP contribution in [-0.2, 0) is 4.79 Å². The number of piperidine rings is 1. The predicted molar refractivity (Wildman–Crippen MR) is 75.6 cm³/mol. The van der Waals surface area contributed by atoms with Crippen LogP contribution in [0.15, 0.2) is 0 Å². The van der Waals surface area contributed by atoms with Crippen molar-refractivity contribution in [1.82, 2.24) is 10.2 Å². The van der Waals surface area contributed by atoms with E-state index in [1.54, 1.807) is 11.8 Å². The Balaban J connectivity index is 2.28. The van der Waals surface area contributed by atoms with Crippen LogP contribution in [0.25, 0.3) is 0 Å². The Labute approximate surface area is 113 Å². The zero-order chi connectivity index (χ0) is 13.5. The lowest BCUT2D eigenvalue weighted by Gasteiger charge is -2.30. The highest BCUT2D eigenvalue weighted by Crippen LogP contribution is 2.11. The van der Waals surface area contributed by atoms with Crippen molar-refractivity contribution in [3.8, 4) is 0 Å². The quantitative estimate of drug-likeness (QED) is 0.617. The summed E-state index contributed by atoms with van der Waals surface area (Å²) in [7, 11) is 0. The highest BCUT2D eigenvalue weighted by Gasteiger charge is 2.21. The molecule has 1 rings (SSSR count). The van der Waals surface area contributed by atoms with E-state index >= 15 is 0 Å². The summed E-state index contributed by atoms with van der Waals surface area (Å²) >= 11 is 1.57. The van der Waals surface area contributed by atoms with Crippen molar-refractivity contribution in [2.75, 3.05) is 32.5 Å². The Kier molecular flexibility index (Phi) is 6.99. The van der Waals surface area contributed by atoms with Gasteiger partial charge in [0.25, 0.3) is 0 Å². The summed E-state index contributed by atoms with van der Waals surface area (Å²) in [6.45, 7) is 4.25. The van der Waals surface area contributed by atoms with Crippen molar-refractivity contribution < 1.29 is 9.90 Å². The van der Waals surface area contributed by atoms with E-state index in [-0.39, 0.29) is 23.8 Å². The van der Waals surface area contributed by atoms with Gasteiger partial charge >= 0.3 is 0 Å². The zero-order valence-electron chi connectivity index (χ0n) is 11.3. The molecule has 0 aromatic carbocycles. The van der Waals surface area contributed by atoms with E-state index in [2.05, 4.69) is 10.2 Å². The molecule has 0 aliphatic carbocycles. The maximum Gasteiger partial charge on any atom is 0.234 e. The molecule has 5 nitrogen and oxygen atoms in total. The van der Waals surface area contributed by atoms with Gasteiger partial charge in [0.15, 0.2) is 0 Å². The molecular weight excluding hydrogens is 250 g/mol. The van der Waals surface area contributed by atoms with Crippen LogP contribution in [0, 0.1) is 0 Å². The van der Waals surface area contributed by atoms with E-state index in [1.807, 2.05) is 13.2 Å². The number of likely N-dealkylation sites (tertiary alicyclic amines) is 1. The van der Waals surface area contributed by atoms with Crippen LogP contribution in [0.3, 0.4) is 0 Å². The second kappa shape index (κ2) is 7.99. The van der Waals surface area contributed by atoms with E-state index in [9.17, 15) is 4.79 Å².